The summed E-state index contributed by atoms with van der Waals surface area (Å²) in [5.74, 6) is -0.868. The van der Waals surface area contributed by atoms with Gasteiger partial charge in [-0.15, -0.1) is 12.4 Å². The van der Waals surface area contributed by atoms with Gasteiger partial charge in [-0.3, -0.25) is 4.79 Å². The molecule has 21 heavy (non-hydrogen) atoms. The molecular weight excluding hydrogens is 313 g/mol. The maximum Gasteiger partial charge on any atom is 0.305 e. The van der Waals surface area contributed by atoms with Crippen LogP contribution in [-0.4, -0.2) is 29.7 Å². The van der Waals surface area contributed by atoms with E-state index in [2.05, 4.69) is 10.6 Å². The van der Waals surface area contributed by atoms with Crippen LogP contribution in [0.3, 0.4) is 0 Å². The Morgan fingerprint density at radius 3 is 2.62 bits per heavy atom. The molecule has 5 nitrogen and oxygen atoms in total. The maximum atomic E-state index is 10.9. The van der Waals surface area contributed by atoms with E-state index in [1.165, 1.54) is 0 Å². The van der Waals surface area contributed by atoms with Gasteiger partial charge in [0.1, 0.15) is 6.07 Å². The highest BCUT2D eigenvalue weighted by Crippen LogP contribution is 2.21. The number of nitriles is 1. The molecule has 0 radical (unpaired) electrons. The van der Waals surface area contributed by atoms with E-state index in [0.717, 1.165) is 0 Å². The number of anilines is 1. The molecule has 0 heterocycles. The van der Waals surface area contributed by atoms with Crippen LogP contribution in [0.2, 0.25) is 5.02 Å². The summed E-state index contributed by atoms with van der Waals surface area (Å²) in [7, 11) is 0. The molecule has 1 aromatic carbocycles. The quantitative estimate of drug-likeness (QED) is 0.715. The Hall–Kier alpha value is -1.48. The molecule has 0 aliphatic heterocycles. The molecule has 0 saturated carbocycles. The van der Waals surface area contributed by atoms with Crippen molar-refractivity contribution in [2.24, 2.45) is 0 Å². The van der Waals surface area contributed by atoms with E-state index in [9.17, 15) is 4.79 Å². The summed E-state index contributed by atoms with van der Waals surface area (Å²) in [5, 5.41) is 24.4. The average molecular weight is 332 g/mol. The lowest BCUT2D eigenvalue weighted by Gasteiger charge is -2.20. The molecule has 0 aliphatic carbocycles. The van der Waals surface area contributed by atoms with Crippen LogP contribution in [0, 0.1) is 11.3 Å². The fourth-order valence-corrected chi connectivity index (χ4v) is 1.92. The Labute approximate surface area is 135 Å². The van der Waals surface area contributed by atoms with Gasteiger partial charge in [-0.25, -0.2) is 0 Å². The molecule has 1 atom stereocenters. The van der Waals surface area contributed by atoms with Crippen molar-refractivity contribution in [1.82, 2.24) is 5.32 Å². The van der Waals surface area contributed by atoms with Crippen molar-refractivity contribution in [1.29, 1.82) is 5.26 Å². The molecule has 3 N–H and O–H groups in total. The summed E-state index contributed by atoms with van der Waals surface area (Å²) < 4.78 is 0. The van der Waals surface area contributed by atoms with Crippen LogP contribution in [-0.2, 0) is 4.79 Å². The second-order valence-electron chi connectivity index (χ2n) is 4.81. The van der Waals surface area contributed by atoms with Gasteiger partial charge in [0, 0.05) is 24.3 Å². The summed E-state index contributed by atoms with van der Waals surface area (Å²) in [6.45, 7) is 4.52. The lowest BCUT2D eigenvalue weighted by atomic mass is 10.1. The zero-order chi connectivity index (χ0) is 15.1. The van der Waals surface area contributed by atoms with Crippen molar-refractivity contribution in [2.45, 2.75) is 32.4 Å². The van der Waals surface area contributed by atoms with E-state index in [1.54, 1.807) is 18.2 Å². The van der Waals surface area contributed by atoms with Crippen LogP contribution in [0.1, 0.15) is 25.8 Å². The normalized spacial score (nSPS) is 11.4. The van der Waals surface area contributed by atoms with Crippen molar-refractivity contribution < 1.29 is 9.90 Å². The van der Waals surface area contributed by atoms with Crippen LogP contribution in [0.5, 0.6) is 0 Å². The van der Waals surface area contributed by atoms with E-state index >= 15 is 0 Å². The highest BCUT2D eigenvalue weighted by molar-refractivity contribution is 6.32. The minimum Gasteiger partial charge on any atom is -0.481 e. The number of nitrogens with zero attached hydrogens (tertiary/aromatic N) is 1. The predicted molar refractivity (Wildman–Crippen MR) is 86.2 cm³/mol. The monoisotopic (exact) mass is 331 g/mol. The van der Waals surface area contributed by atoms with Gasteiger partial charge in [-0.2, -0.15) is 5.26 Å². The van der Waals surface area contributed by atoms with Gasteiger partial charge in [-0.1, -0.05) is 25.4 Å². The number of benzene rings is 1. The largest absolute Gasteiger partial charge is 0.481 e. The van der Waals surface area contributed by atoms with Gasteiger partial charge < -0.3 is 15.7 Å². The smallest absolute Gasteiger partial charge is 0.305 e. The number of aliphatic carboxylic acids is 1. The number of halogens is 2. The predicted octanol–water partition coefficient (Wildman–Crippen LogP) is 2.89. The average Bonchev–Trinajstić information content (AvgIpc) is 2.35. The fraction of sp³-hybridized carbons (Fsp3) is 0.429. The van der Waals surface area contributed by atoms with E-state index in [1.807, 2.05) is 19.9 Å². The number of nitrogens with one attached hydrogen (secondary N) is 2. The standard InChI is InChI=1S/C14H18ClN3O2.ClH/c1-9(2)17-8-12(6-14(19)20)18-11-4-3-10(7-16)13(15)5-11;/h3-5,9,12,17-18H,6,8H2,1-2H3,(H,19,20);1H/t12-;/m0./s1. The summed E-state index contributed by atoms with van der Waals surface area (Å²) in [5.41, 5.74) is 1.10. The molecule has 0 unspecified atom stereocenters. The first-order valence-electron chi connectivity index (χ1n) is 6.33. The molecule has 116 valence electrons. The van der Waals surface area contributed by atoms with Gasteiger partial charge in [0.15, 0.2) is 0 Å². The molecule has 0 aromatic heterocycles. The Bertz CT molecular complexity index is 515. The molecule has 0 bridgehead atoms. The van der Waals surface area contributed by atoms with Gasteiger partial charge in [0.2, 0.25) is 0 Å². The minimum atomic E-state index is -0.868. The third kappa shape index (κ3) is 7.19. The SMILES string of the molecule is CC(C)NC[C@H](CC(=O)O)Nc1ccc(C#N)c(Cl)c1.Cl. The van der Waals surface area contributed by atoms with Crippen LogP contribution in [0.4, 0.5) is 5.69 Å². The van der Waals surface area contributed by atoms with Crippen molar-refractivity contribution >= 4 is 35.7 Å². The molecule has 0 saturated heterocycles. The van der Waals surface area contributed by atoms with Gasteiger partial charge in [-0.05, 0) is 18.2 Å². The molecular formula is C14H19Cl2N3O2. The maximum absolute atomic E-state index is 10.9. The summed E-state index contributed by atoms with van der Waals surface area (Å²) in [6, 6.07) is 6.96. The molecule has 0 fully saturated rings. The molecule has 0 spiro atoms. The van der Waals surface area contributed by atoms with Crippen LogP contribution in [0.25, 0.3) is 0 Å². The van der Waals surface area contributed by atoms with E-state index in [0.29, 0.717) is 22.8 Å². The summed E-state index contributed by atoms with van der Waals surface area (Å²) in [4.78, 5) is 10.9. The number of carbonyl (C=O) groups is 1. The Balaban J connectivity index is 0.00000400. The van der Waals surface area contributed by atoms with Crippen molar-refractivity contribution in [3.8, 4) is 6.07 Å². The number of rotatable bonds is 7. The second-order valence-corrected chi connectivity index (χ2v) is 5.22. The first-order chi connectivity index (χ1) is 9.42. The van der Waals surface area contributed by atoms with Crippen molar-refractivity contribution in [2.75, 3.05) is 11.9 Å². The third-order valence-corrected chi connectivity index (χ3v) is 2.97. The summed E-state index contributed by atoms with van der Waals surface area (Å²) in [6.07, 6.45) is -0.00264. The van der Waals surface area contributed by atoms with Crippen LogP contribution >= 0.6 is 24.0 Å². The lowest BCUT2D eigenvalue weighted by Crippen LogP contribution is -2.37. The third-order valence-electron chi connectivity index (χ3n) is 2.65. The summed E-state index contributed by atoms with van der Waals surface area (Å²) >= 11 is 5.95. The minimum absolute atomic E-state index is 0. The molecule has 0 aliphatic rings. The second kappa shape index (κ2) is 9.46. The van der Waals surface area contributed by atoms with E-state index in [-0.39, 0.29) is 30.9 Å². The van der Waals surface area contributed by atoms with Crippen LogP contribution in [0.15, 0.2) is 18.2 Å². The number of hydrogen-bond donors (Lipinski definition) is 3. The van der Waals surface area contributed by atoms with Gasteiger partial charge in [0.05, 0.1) is 17.0 Å². The Morgan fingerprint density at radius 2 is 2.14 bits per heavy atom. The van der Waals surface area contributed by atoms with Crippen molar-refractivity contribution in [3.63, 3.8) is 0 Å². The molecule has 1 rings (SSSR count). The van der Waals surface area contributed by atoms with E-state index in [4.69, 9.17) is 22.0 Å². The first kappa shape index (κ1) is 19.5. The Kier molecular flexibility index (Phi) is 8.79. The highest BCUT2D eigenvalue weighted by atomic mass is 35.5. The highest BCUT2D eigenvalue weighted by Gasteiger charge is 2.14. The Morgan fingerprint density at radius 1 is 1.48 bits per heavy atom. The van der Waals surface area contributed by atoms with Crippen LogP contribution < -0.4 is 10.6 Å². The lowest BCUT2D eigenvalue weighted by molar-refractivity contribution is -0.137. The molecule has 1 aromatic rings. The zero-order valence-electron chi connectivity index (χ0n) is 11.9. The van der Waals surface area contributed by atoms with Crippen molar-refractivity contribution in [3.05, 3.63) is 28.8 Å². The topological polar surface area (TPSA) is 85.2 Å². The molecule has 0 amide bonds. The number of carboxylic acids is 1. The van der Waals surface area contributed by atoms with Gasteiger partial charge >= 0.3 is 5.97 Å². The number of carboxylic acid groups (broad SMARTS) is 1. The first-order valence-corrected chi connectivity index (χ1v) is 6.71. The van der Waals surface area contributed by atoms with E-state index < -0.39 is 5.97 Å². The number of hydrogen-bond acceptors (Lipinski definition) is 4. The molecule has 7 heteroatoms. The fourth-order valence-electron chi connectivity index (χ4n) is 1.69. The zero-order valence-corrected chi connectivity index (χ0v) is 13.5. The van der Waals surface area contributed by atoms with Gasteiger partial charge in [0.25, 0.3) is 0 Å².